The molecule has 0 saturated carbocycles. The van der Waals surface area contributed by atoms with Gasteiger partial charge in [0.1, 0.15) is 5.75 Å². The Kier molecular flexibility index (Phi) is 6.33. The van der Waals surface area contributed by atoms with Crippen molar-refractivity contribution < 1.29 is 5.11 Å². The second-order valence-corrected chi connectivity index (χ2v) is 4.43. The van der Waals surface area contributed by atoms with Gasteiger partial charge in [0, 0.05) is 0 Å². The molecular formula is C14H19NOS. The normalized spacial score (nSPS) is 10.6. The monoisotopic (exact) mass is 249 g/mol. The lowest BCUT2D eigenvalue weighted by Gasteiger charge is -2.04. The molecule has 0 bridgehead atoms. The van der Waals surface area contributed by atoms with E-state index < -0.39 is 0 Å². The van der Waals surface area contributed by atoms with Gasteiger partial charge < -0.3 is 10.4 Å². The van der Waals surface area contributed by atoms with E-state index in [-0.39, 0.29) is 0 Å². The average Bonchev–Trinajstić information content (AvgIpc) is 2.34. The van der Waals surface area contributed by atoms with Crippen molar-refractivity contribution in [2.45, 2.75) is 32.6 Å². The molecule has 2 nitrogen and oxygen atoms in total. The van der Waals surface area contributed by atoms with Crippen molar-refractivity contribution in [2.24, 2.45) is 0 Å². The van der Waals surface area contributed by atoms with Crippen LogP contribution in [0, 0.1) is 0 Å². The maximum absolute atomic E-state index is 9.15. The van der Waals surface area contributed by atoms with Gasteiger partial charge in [0.15, 0.2) is 0 Å². The quantitative estimate of drug-likeness (QED) is 0.597. The van der Waals surface area contributed by atoms with Crippen molar-refractivity contribution in [3.8, 4) is 5.75 Å². The summed E-state index contributed by atoms with van der Waals surface area (Å²) in [6.07, 6.45) is 7.96. The highest BCUT2D eigenvalue weighted by Crippen LogP contribution is 2.12. The largest absolute Gasteiger partial charge is 0.508 e. The number of allylic oxidation sites excluding steroid dienone is 1. The Bertz CT molecular complexity index is 370. The van der Waals surface area contributed by atoms with Crippen LogP contribution in [-0.4, -0.2) is 10.1 Å². The smallest absolute Gasteiger partial charge is 0.115 e. The number of phenolic OH excluding ortho intramolecular Hbond substituents is 1. The first kappa shape index (κ1) is 13.7. The number of benzene rings is 1. The minimum Gasteiger partial charge on any atom is -0.508 e. The molecule has 1 aromatic carbocycles. The molecule has 0 aliphatic carbocycles. The highest BCUT2D eigenvalue weighted by Gasteiger charge is 1.96. The zero-order valence-electron chi connectivity index (χ0n) is 10.1. The fourth-order valence-corrected chi connectivity index (χ4v) is 1.74. The lowest BCUT2D eigenvalue weighted by molar-refractivity contribution is 0.475. The molecule has 92 valence electrons. The van der Waals surface area contributed by atoms with Gasteiger partial charge in [0.2, 0.25) is 0 Å². The Balaban J connectivity index is 2.16. The van der Waals surface area contributed by atoms with Crippen molar-refractivity contribution in [3.05, 3.63) is 42.1 Å². The first-order valence-electron chi connectivity index (χ1n) is 5.91. The Hall–Kier alpha value is -1.35. The average molecular weight is 249 g/mol. The van der Waals surface area contributed by atoms with Crippen LogP contribution in [0.5, 0.6) is 5.75 Å². The molecule has 3 heteroatoms. The van der Waals surface area contributed by atoms with Gasteiger partial charge >= 0.3 is 0 Å². The van der Waals surface area contributed by atoms with E-state index in [1.807, 2.05) is 31.3 Å². The van der Waals surface area contributed by atoms with Crippen LogP contribution < -0.4 is 5.32 Å². The summed E-state index contributed by atoms with van der Waals surface area (Å²) in [5.41, 5.74) is 1.26. The summed E-state index contributed by atoms with van der Waals surface area (Å²) >= 11 is 5.17. The first-order valence-corrected chi connectivity index (χ1v) is 6.31. The summed E-state index contributed by atoms with van der Waals surface area (Å²) < 4.78 is 0. The third kappa shape index (κ3) is 6.07. The van der Waals surface area contributed by atoms with E-state index in [2.05, 4.69) is 5.32 Å². The minimum absolute atomic E-state index is 0.325. The van der Waals surface area contributed by atoms with Crippen LogP contribution in [-0.2, 0) is 6.42 Å². The zero-order valence-corrected chi connectivity index (χ0v) is 11.0. The summed E-state index contributed by atoms with van der Waals surface area (Å²) in [5, 5.41) is 12.2. The first-order chi connectivity index (χ1) is 8.22. The number of rotatable bonds is 6. The Morgan fingerprint density at radius 3 is 2.65 bits per heavy atom. The van der Waals surface area contributed by atoms with Crippen LogP contribution >= 0.6 is 12.2 Å². The van der Waals surface area contributed by atoms with Gasteiger partial charge in [-0.1, -0.05) is 30.4 Å². The molecule has 17 heavy (non-hydrogen) atoms. The van der Waals surface area contributed by atoms with Crippen molar-refractivity contribution in [1.29, 1.82) is 0 Å². The predicted molar refractivity (Wildman–Crippen MR) is 76.2 cm³/mol. The van der Waals surface area contributed by atoms with Crippen LogP contribution in [0.25, 0.3) is 0 Å². The second kappa shape index (κ2) is 7.85. The molecule has 0 aliphatic heterocycles. The van der Waals surface area contributed by atoms with E-state index in [9.17, 15) is 0 Å². The van der Waals surface area contributed by atoms with E-state index >= 15 is 0 Å². The maximum Gasteiger partial charge on any atom is 0.115 e. The van der Waals surface area contributed by atoms with Crippen molar-refractivity contribution in [2.75, 3.05) is 0 Å². The number of nitrogens with one attached hydrogen (secondary N) is 1. The van der Waals surface area contributed by atoms with E-state index in [1.54, 1.807) is 12.1 Å². The Labute approximate surface area is 108 Å². The van der Waals surface area contributed by atoms with Gasteiger partial charge in [-0.2, -0.15) is 0 Å². The summed E-state index contributed by atoms with van der Waals surface area (Å²) in [7, 11) is 0. The number of hydrogen-bond donors (Lipinski definition) is 2. The van der Waals surface area contributed by atoms with Crippen LogP contribution in [0.2, 0.25) is 0 Å². The van der Waals surface area contributed by atoms with E-state index in [1.165, 1.54) is 5.56 Å². The molecule has 0 amide bonds. The van der Waals surface area contributed by atoms with Crippen LogP contribution in [0.4, 0.5) is 0 Å². The maximum atomic E-state index is 9.15. The molecule has 0 unspecified atom stereocenters. The molecule has 0 aromatic heterocycles. The van der Waals surface area contributed by atoms with Crippen LogP contribution in [0.1, 0.15) is 31.7 Å². The molecule has 1 rings (SSSR count). The molecule has 0 saturated heterocycles. The van der Waals surface area contributed by atoms with Gasteiger partial charge in [-0.3, -0.25) is 0 Å². The second-order valence-electron chi connectivity index (χ2n) is 3.94. The number of hydrogen-bond acceptors (Lipinski definition) is 2. The number of unbranched alkanes of at least 4 members (excludes halogenated alkanes) is 1. The van der Waals surface area contributed by atoms with E-state index in [4.69, 9.17) is 17.3 Å². The molecule has 0 aliphatic rings. The summed E-state index contributed by atoms with van der Waals surface area (Å²) in [6.45, 7) is 1.96. The third-order valence-corrected chi connectivity index (χ3v) is 2.79. The van der Waals surface area contributed by atoms with E-state index in [0.717, 1.165) is 30.7 Å². The Morgan fingerprint density at radius 2 is 2.00 bits per heavy atom. The fourth-order valence-electron chi connectivity index (χ4n) is 1.53. The molecular weight excluding hydrogens is 230 g/mol. The molecule has 0 heterocycles. The van der Waals surface area contributed by atoms with Gasteiger partial charge in [-0.05, 0) is 56.5 Å². The number of phenols is 1. The predicted octanol–water partition coefficient (Wildman–Crippen LogP) is 3.56. The van der Waals surface area contributed by atoms with Crippen molar-refractivity contribution >= 4 is 17.2 Å². The van der Waals surface area contributed by atoms with Crippen molar-refractivity contribution in [1.82, 2.24) is 5.32 Å². The molecule has 0 fully saturated rings. The van der Waals surface area contributed by atoms with Gasteiger partial charge in [-0.15, -0.1) is 0 Å². The Morgan fingerprint density at radius 1 is 1.29 bits per heavy atom. The highest BCUT2D eigenvalue weighted by molar-refractivity contribution is 7.80. The highest BCUT2D eigenvalue weighted by atomic mass is 32.1. The molecule has 0 atom stereocenters. The zero-order chi connectivity index (χ0) is 12.5. The van der Waals surface area contributed by atoms with Crippen molar-refractivity contribution in [3.63, 3.8) is 0 Å². The summed E-state index contributed by atoms with van der Waals surface area (Å²) in [6, 6.07) is 7.39. The standard InChI is InChI=1S/C14H19NOS/c1-2-11-15-14(17)6-4-3-5-12-7-9-13(16)10-8-12/h2,7-11,16H,3-6H2,1H3,(H,15,17)/b11-2-. The van der Waals surface area contributed by atoms with E-state index in [0.29, 0.717) is 5.75 Å². The van der Waals surface area contributed by atoms with Crippen LogP contribution in [0.3, 0.4) is 0 Å². The van der Waals surface area contributed by atoms with Gasteiger partial charge in [0.05, 0.1) is 4.99 Å². The molecule has 2 N–H and O–H groups in total. The van der Waals surface area contributed by atoms with Gasteiger partial charge in [-0.25, -0.2) is 0 Å². The molecule has 0 spiro atoms. The number of thiocarbonyl (C=S) groups is 1. The molecule has 1 aromatic rings. The number of aryl methyl sites for hydroxylation is 1. The number of aromatic hydroxyl groups is 1. The topological polar surface area (TPSA) is 32.3 Å². The minimum atomic E-state index is 0.325. The lowest BCUT2D eigenvalue weighted by Crippen LogP contribution is -2.13. The van der Waals surface area contributed by atoms with Crippen LogP contribution in [0.15, 0.2) is 36.5 Å². The summed E-state index contributed by atoms with van der Waals surface area (Å²) in [4.78, 5) is 0.897. The lowest BCUT2D eigenvalue weighted by atomic mass is 10.1. The SMILES string of the molecule is C/C=C\NC(=S)CCCCc1ccc(O)cc1. The third-order valence-electron chi connectivity index (χ3n) is 2.47. The van der Waals surface area contributed by atoms with Gasteiger partial charge in [0.25, 0.3) is 0 Å². The molecule has 0 radical (unpaired) electrons. The fraction of sp³-hybridized carbons (Fsp3) is 0.357. The summed E-state index contributed by atoms with van der Waals surface area (Å²) in [5.74, 6) is 0.325.